The number of aliphatic carboxylic acids is 1. The van der Waals surface area contributed by atoms with E-state index in [2.05, 4.69) is 6.92 Å². The molecule has 0 radical (unpaired) electrons. The summed E-state index contributed by atoms with van der Waals surface area (Å²) in [6, 6.07) is 7.72. The highest BCUT2D eigenvalue weighted by Gasteiger charge is 2.11. The Hall–Kier alpha value is -1.84. The van der Waals surface area contributed by atoms with Gasteiger partial charge in [0, 0.05) is 25.1 Å². The lowest BCUT2D eigenvalue weighted by Gasteiger charge is -2.18. The first-order valence-corrected chi connectivity index (χ1v) is 11.0. The molecule has 0 saturated heterocycles. The summed E-state index contributed by atoms with van der Waals surface area (Å²) in [5.41, 5.74) is 1.91. The third-order valence-corrected chi connectivity index (χ3v) is 4.81. The van der Waals surface area contributed by atoms with Crippen LogP contribution in [0.4, 0.5) is 0 Å². The largest absolute Gasteiger partial charge is 0.481 e. The van der Waals surface area contributed by atoms with Crippen LogP contribution in [-0.4, -0.2) is 35.0 Å². The van der Waals surface area contributed by atoms with Gasteiger partial charge in [-0.1, -0.05) is 76.0 Å². The van der Waals surface area contributed by atoms with E-state index >= 15 is 0 Å². The number of benzene rings is 1. The smallest absolute Gasteiger partial charge is 0.303 e. The van der Waals surface area contributed by atoms with Gasteiger partial charge in [0.15, 0.2) is 0 Å². The van der Waals surface area contributed by atoms with Gasteiger partial charge in [-0.3, -0.25) is 9.59 Å². The number of aryl methyl sites for hydroxylation is 1. The quantitative estimate of drug-likeness (QED) is 0.392. The van der Waals surface area contributed by atoms with E-state index in [1.807, 2.05) is 49.9 Å². The van der Waals surface area contributed by atoms with Gasteiger partial charge in [0.1, 0.15) is 0 Å². The Labute approximate surface area is 172 Å². The Morgan fingerprint density at radius 3 is 1.86 bits per heavy atom. The molecule has 4 heteroatoms. The molecular formula is C24H41NO3. The van der Waals surface area contributed by atoms with Crippen molar-refractivity contribution in [2.75, 3.05) is 13.1 Å². The minimum Gasteiger partial charge on any atom is -0.481 e. The predicted molar refractivity (Wildman–Crippen MR) is 118 cm³/mol. The molecule has 0 aliphatic heterocycles. The van der Waals surface area contributed by atoms with Gasteiger partial charge in [-0.25, -0.2) is 0 Å². The molecule has 0 unspecified atom stereocenters. The van der Waals surface area contributed by atoms with Gasteiger partial charge in [0.25, 0.3) is 5.91 Å². The van der Waals surface area contributed by atoms with Gasteiger partial charge < -0.3 is 10.0 Å². The summed E-state index contributed by atoms with van der Waals surface area (Å²) in [6.45, 7) is 9.76. The fourth-order valence-corrected chi connectivity index (χ4v) is 3.06. The van der Waals surface area contributed by atoms with Crippen LogP contribution in [0.1, 0.15) is 101 Å². The van der Waals surface area contributed by atoms with Crippen molar-refractivity contribution < 1.29 is 14.7 Å². The van der Waals surface area contributed by atoms with Gasteiger partial charge in [-0.15, -0.1) is 0 Å². The van der Waals surface area contributed by atoms with Gasteiger partial charge in [-0.05, 0) is 39.3 Å². The fraction of sp³-hybridized carbons (Fsp3) is 0.667. The summed E-state index contributed by atoms with van der Waals surface area (Å²) in [5, 5.41) is 8.41. The summed E-state index contributed by atoms with van der Waals surface area (Å²) >= 11 is 0. The normalized spacial score (nSPS) is 10.1. The number of nitrogens with zero attached hydrogens (tertiary/aromatic N) is 1. The first-order valence-electron chi connectivity index (χ1n) is 11.0. The molecule has 160 valence electrons. The molecule has 1 aromatic rings. The second kappa shape index (κ2) is 17.3. The number of hydrogen-bond acceptors (Lipinski definition) is 2. The highest BCUT2D eigenvalue weighted by molar-refractivity contribution is 5.94. The molecule has 1 rings (SSSR count). The monoisotopic (exact) mass is 391 g/mol. The molecule has 1 N–H and O–H groups in total. The van der Waals surface area contributed by atoms with Crippen LogP contribution in [0.5, 0.6) is 0 Å². The van der Waals surface area contributed by atoms with E-state index in [1.165, 1.54) is 44.9 Å². The molecule has 0 aromatic heterocycles. The van der Waals surface area contributed by atoms with Crippen LogP contribution in [0.25, 0.3) is 0 Å². The molecule has 0 fully saturated rings. The number of carboxylic acid groups (broad SMARTS) is 1. The number of carbonyl (C=O) groups is 2. The van der Waals surface area contributed by atoms with E-state index in [0.29, 0.717) is 6.42 Å². The van der Waals surface area contributed by atoms with Crippen LogP contribution in [0.15, 0.2) is 24.3 Å². The average molecular weight is 392 g/mol. The zero-order valence-electron chi connectivity index (χ0n) is 18.5. The molecule has 28 heavy (non-hydrogen) atoms. The van der Waals surface area contributed by atoms with Gasteiger partial charge in [0.05, 0.1) is 0 Å². The molecule has 4 nitrogen and oxygen atoms in total. The zero-order chi connectivity index (χ0) is 21.2. The van der Waals surface area contributed by atoms with Crippen LogP contribution in [0.2, 0.25) is 0 Å². The maximum Gasteiger partial charge on any atom is 0.303 e. The van der Waals surface area contributed by atoms with E-state index in [-0.39, 0.29) is 5.91 Å². The second-order valence-electron chi connectivity index (χ2n) is 7.32. The summed E-state index contributed by atoms with van der Waals surface area (Å²) in [6.07, 6.45) is 11.5. The highest BCUT2D eigenvalue weighted by atomic mass is 16.4. The van der Waals surface area contributed by atoms with Crippen molar-refractivity contribution in [1.82, 2.24) is 4.90 Å². The van der Waals surface area contributed by atoms with Crippen LogP contribution >= 0.6 is 0 Å². The number of carbonyl (C=O) groups excluding carboxylic acids is 1. The number of amides is 1. The lowest BCUT2D eigenvalue weighted by Crippen LogP contribution is -2.30. The van der Waals surface area contributed by atoms with E-state index < -0.39 is 5.97 Å². The Morgan fingerprint density at radius 1 is 0.857 bits per heavy atom. The Balaban J connectivity index is 0.000000521. The van der Waals surface area contributed by atoms with E-state index in [9.17, 15) is 9.59 Å². The van der Waals surface area contributed by atoms with Crippen molar-refractivity contribution in [3.05, 3.63) is 35.4 Å². The first kappa shape index (κ1) is 26.2. The van der Waals surface area contributed by atoms with E-state index in [1.54, 1.807) is 0 Å². The minimum atomic E-state index is -0.659. The predicted octanol–water partition coefficient (Wildman–Crippen LogP) is 6.47. The third kappa shape index (κ3) is 13.3. The minimum absolute atomic E-state index is 0.124. The Kier molecular flexibility index (Phi) is 16.1. The van der Waals surface area contributed by atoms with Crippen LogP contribution in [0, 0.1) is 6.92 Å². The molecule has 0 bridgehead atoms. The summed E-state index contributed by atoms with van der Waals surface area (Å²) in [7, 11) is 0. The lowest BCUT2D eigenvalue weighted by molar-refractivity contribution is -0.137. The molecule has 0 atom stereocenters. The molecule has 0 heterocycles. The SMILES string of the molecule is CCCCCCCCCCCC(=O)O.CCN(CC)C(=O)c1cccc(C)c1. The number of hydrogen-bond donors (Lipinski definition) is 1. The van der Waals surface area contributed by atoms with Crippen LogP contribution in [-0.2, 0) is 4.79 Å². The highest BCUT2D eigenvalue weighted by Crippen LogP contribution is 2.10. The van der Waals surface area contributed by atoms with Gasteiger partial charge >= 0.3 is 5.97 Å². The molecule has 1 amide bonds. The maximum atomic E-state index is 11.9. The van der Waals surface area contributed by atoms with Crippen molar-refractivity contribution in [3.8, 4) is 0 Å². The molecular weight excluding hydrogens is 350 g/mol. The molecule has 0 spiro atoms. The molecule has 0 saturated carbocycles. The molecule has 0 aliphatic rings. The first-order chi connectivity index (χ1) is 13.5. The van der Waals surface area contributed by atoms with Crippen molar-refractivity contribution in [2.24, 2.45) is 0 Å². The summed E-state index contributed by atoms with van der Waals surface area (Å²) in [4.78, 5) is 23.9. The van der Waals surface area contributed by atoms with Crippen molar-refractivity contribution in [2.45, 2.75) is 91.9 Å². The number of rotatable bonds is 13. The van der Waals surface area contributed by atoms with Crippen molar-refractivity contribution >= 4 is 11.9 Å². The Bertz CT molecular complexity index is 538. The van der Waals surface area contributed by atoms with Crippen LogP contribution in [0.3, 0.4) is 0 Å². The van der Waals surface area contributed by atoms with Gasteiger partial charge in [0.2, 0.25) is 0 Å². The number of carboxylic acids is 1. The Morgan fingerprint density at radius 2 is 1.39 bits per heavy atom. The zero-order valence-corrected chi connectivity index (χ0v) is 18.5. The second-order valence-corrected chi connectivity index (χ2v) is 7.32. The summed E-state index contributed by atoms with van der Waals surface area (Å²) < 4.78 is 0. The molecule has 1 aromatic carbocycles. The standard InChI is InChI=1S/C12H17NO.C12H24O2/c1-4-13(5-2)12(14)11-8-6-7-10(3)9-11;1-2-3-4-5-6-7-8-9-10-11-12(13)14/h6-9H,4-5H2,1-3H3;2-11H2,1H3,(H,13,14). The average Bonchev–Trinajstić information content (AvgIpc) is 2.68. The fourth-order valence-electron chi connectivity index (χ4n) is 3.06. The number of unbranched alkanes of at least 4 members (excludes halogenated alkanes) is 8. The van der Waals surface area contributed by atoms with Crippen molar-refractivity contribution in [3.63, 3.8) is 0 Å². The van der Waals surface area contributed by atoms with Crippen molar-refractivity contribution in [1.29, 1.82) is 0 Å². The molecule has 0 aliphatic carbocycles. The third-order valence-electron chi connectivity index (χ3n) is 4.81. The van der Waals surface area contributed by atoms with Gasteiger partial charge in [-0.2, -0.15) is 0 Å². The maximum absolute atomic E-state index is 11.9. The summed E-state index contributed by atoms with van der Waals surface area (Å²) in [5.74, 6) is -0.536. The lowest BCUT2D eigenvalue weighted by atomic mass is 10.1. The van der Waals surface area contributed by atoms with Crippen LogP contribution < -0.4 is 0 Å². The van der Waals surface area contributed by atoms with E-state index in [0.717, 1.165) is 37.1 Å². The topological polar surface area (TPSA) is 57.6 Å². The van der Waals surface area contributed by atoms with E-state index in [4.69, 9.17) is 5.11 Å².